The molecule has 0 amide bonds. The molecule has 0 aromatic heterocycles. The zero-order valence-electron chi connectivity index (χ0n) is 21.6. The van der Waals surface area contributed by atoms with Crippen LogP contribution in [0, 0.1) is 5.92 Å². The summed E-state index contributed by atoms with van der Waals surface area (Å²) in [7, 11) is 3.98. The molecule has 3 aromatic carbocycles. The van der Waals surface area contributed by atoms with E-state index in [1.54, 1.807) is 0 Å². The summed E-state index contributed by atoms with van der Waals surface area (Å²) < 4.78 is 5.80. The Morgan fingerprint density at radius 1 is 0.892 bits per heavy atom. The van der Waals surface area contributed by atoms with Crippen LogP contribution in [0.1, 0.15) is 48.3 Å². The Bertz CT molecular complexity index is 1340. The standard InChI is InChI=1S/C32H32N2O3/c1-21-29(32(36)37-20-22-10-6-4-7-11-22)30(24-14-16-26(17-15-24)34(2)3)31-27(33-21)18-25(19-28(31)35)23-12-8-5-9-13-23/h4-17,25,29-30H,18-20H2,1-3H3/t25-,29?,30+/m1/s1. The third-order valence-corrected chi connectivity index (χ3v) is 7.41. The Kier molecular flexibility index (Phi) is 7.04. The van der Waals surface area contributed by atoms with Gasteiger partial charge in [0, 0.05) is 49.1 Å². The smallest absolute Gasteiger partial charge is 0.315 e. The first-order chi connectivity index (χ1) is 17.9. The van der Waals surface area contributed by atoms with Gasteiger partial charge in [-0.25, -0.2) is 0 Å². The van der Waals surface area contributed by atoms with Crippen LogP contribution in [0.3, 0.4) is 0 Å². The fourth-order valence-electron chi connectivity index (χ4n) is 5.48. The Labute approximate surface area is 218 Å². The third-order valence-electron chi connectivity index (χ3n) is 7.41. The van der Waals surface area contributed by atoms with E-state index >= 15 is 0 Å². The first-order valence-electron chi connectivity index (χ1n) is 12.8. The largest absolute Gasteiger partial charge is 0.460 e. The van der Waals surface area contributed by atoms with E-state index in [0.29, 0.717) is 24.1 Å². The molecule has 188 valence electrons. The highest BCUT2D eigenvalue weighted by atomic mass is 16.5. The summed E-state index contributed by atoms with van der Waals surface area (Å²) in [6, 6.07) is 27.9. The van der Waals surface area contributed by atoms with Crippen LogP contribution < -0.4 is 4.90 Å². The van der Waals surface area contributed by atoms with Gasteiger partial charge in [0.25, 0.3) is 0 Å². The van der Waals surface area contributed by atoms with Crippen LogP contribution in [0.5, 0.6) is 0 Å². The Hall–Kier alpha value is -3.99. The highest BCUT2D eigenvalue weighted by Crippen LogP contribution is 2.47. The van der Waals surface area contributed by atoms with E-state index in [4.69, 9.17) is 9.73 Å². The summed E-state index contributed by atoms with van der Waals surface area (Å²) in [5, 5.41) is 0. The molecule has 3 atom stereocenters. The number of hydrogen-bond donors (Lipinski definition) is 0. The molecule has 1 aliphatic heterocycles. The van der Waals surface area contributed by atoms with E-state index < -0.39 is 11.8 Å². The van der Waals surface area contributed by atoms with E-state index in [0.717, 1.165) is 28.1 Å². The Morgan fingerprint density at radius 3 is 2.19 bits per heavy atom. The maximum Gasteiger partial charge on any atom is 0.315 e. The molecular weight excluding hydrogens is 460 g/mol. The number of esters is 1. The number of anilines is 1. The summed E-state index contributed by atoms with van der Waals surface area (Å²) in [6.07, 6.45) is 1.09. The minimum atomic E-state index is -0.648. The van der Waals surface area contributed by atoms with Gasteiger partial charge in [0.15, 0.2) is 5.78 Å². The summed E-state index contributed by atoms with van der Waals surface area (Å²) in [6.45, 7) is 2.07. The number of ether oxygens (including phenoxy) is 1. The van der Waals surface area contributed by atoms with E-state index in [1.165, 1.54) is 0 Å². The minimum Gasteiger partial charge on any atom is -0.460 e. The van der Waals surface area contributed by atoms with Crippen molar-refractivity contribution < 1.29 is 14.3 Å². The van der Waals surface area contributed by atoms with Gasteiger partial charge in [-0.15, -0.1) is 0 Å². The minimum absolute atomic E-state index is 0.0638. The molecule has 1 heterocycles. The van der Waals surface area contributed by atoms with Gasteiger partial charge < -0.3 is 9.64 Å². The lowest BCUT2D eigenvalue weighted by Gasteiger charge is -2.36. The lowest BCUT2D eigenvalue weighted by molar-refractivity contribution is -0.148. The van der Waals surface area contributed by atoms with Crippen LogP contribution in [0.25, 0.3) is 0 Å². The van der Waals surface area contributed by atoms with Crippen LogP contribution in [-0.2, 0) is 20.9 Å². The van der Waals surface area contributed by atoms with E-state index in [1.807, 2.05) is 98.7 Å². The van der Waals surface area contributed by atoms with Crippen molar-refractivity contribution in [3.8, 4) is 0 Å². The van der Waals surface area contributed by atoms with E-state index in [2.05, 4.69) is 12.1 Å². The number of rotatable bonds is 6. The average Bonchev–Trinajstić information content (AvgIpc) is 2.92. The van der Waals surface area contributed by atoms with E-state index in [-0.39, 0.29) is 24.3 Å². The molecule has 0 saturated heterocycles. The van der Waals surface area contributed by atoms with Crippen LogP contribution in [0.4, 0.5) is 5.69 Å². The Balaban J connectivity index is 1.52. The third kappa shape index (κ3) is 5.12. The van der Waals surface area contributed by atoms with Crippen molar-refractivity contribution in [2.24, 2.45) is 10.9 Å². The molecule has 1 unspecified atom stereocenters. The molecule has 0 fully saturated rings. The number of carbonyl (C=O) groups is 2. The fourth-order valence-corrected chi connectivity index (χ4v) is 5.48. The maximum absolute atomic E-state index is 13.7. The fraction of sp³-hybridized carbons (Fsp3) is 0.281. The number of carbonyl (C=O) groups excluding carboxylic acids is 2. The molecule has 3 aromatic rings. The van der Waals surface area contributed by atoms with Gasteiger partial charge in [-0.05, 0) is 48.1 Å². The quantitative estimate of drug-likeness (QED) is 0.392. The number of Topliss-reactive ketones (excluding diaryl/α,β-unsaturated/α-hetero) is 1. The number of ketones is 1. The van der Waals surface area contributed by atoms with Crippen LogP contribution in [0.2, 0.25) is 0 Å². The molecule has 1 aliphatic carbocycles. The molecule has 5 rings (SSSR count). The zero-order chi connectivity index (χ0) is 25.9. The summed E-state index contributed by atoms with van der Waals surface area (Å²) in [5.74, 6) is -1.27. The van der Waals surface area contributed by atoms with Gasteiger partial charge in [0.1, 0.15) is 12.5 Å². The second kappa shape index (κ2) is 10.6. The SMILES string of the molecule is CC1=NC2=C(C(=O)C[C@H](c3ccccc3)C2)[C@@H](c2ccc(N(C)C)cc2)C1C(=O)OCc1ccccc1. The van der Waals surface area contributed by atoms with E-state index in [9.17, 15) is 9.59 Å². The molecule has 0 spiro atoms. The molecule has 0 radical (unpaired) electrons. The molecule has 2 aliphatic rings. The number of aliphatic imine (C=N–C) groups is 1. The predicted molar refractivity (Wildman–Crippen MR) is 147 cm³/mol. The summed E-state index contributed by atoms with van der Waals surface area (Å²) in [4.78, 5) is 34.2. The predicted octanol–water partition coefficient (Wildman–Crippen LogP) is 6.07. The molecule has 0 saturated carbocycles. The highest BCUT2D eigenvalue weighted by molar-refractivity contribution is 6.09. The molecular formula is C32H32N2O3. The van der Waals surface area contributed by atoms with Crippen molar-refractivity contribution in [3.63, 3.8) is 0 Å². The number of benzene rings is 3. The monoisotopic (exact) mass is 492 g/mol. The Morgan fingerprint density at radius 2 is 1.54 bits per heavy atom. The molecule has 5 heteroatoms. The summed E-state index contributed by atoms with van der Waals surface area (Å²) in [5.41, 5.74) is 6.22. The molecule has 5 nitrogen and oxygen atoms in total. The maximum atomic E-state index is 13.7. The van der Waals surface area contributed by atoms with Crippen molar-refractivity contribution >= 4 is 23.2 Å². The first-order valence-corrected chi connectivity index (χ1v) is 12.8. The van der Waals surface area contributed by atoms with Gasteiger partial charge in [0.05, 0.1) is 0 Å². The highest BCUT2D eigenvalue weighted by Gasteiger charge is 2.44. The van der Waals surface area contributed by atoms with Crippen molar-refractivity contribution in [1.82, 2.24) is 0 Å². The molecule has 0 N–H and O–H groups in total. The lowest BCUT2D eigenvalue weighted by Crippen LogP contribution is -2.38. The molecule has 0 bridgehead atoms. The summed E-state index contributed by atoms with van der Waals surface area (Å²) >= 11 is 0. The number of allylic oxidation sites excluding steroid dienone is 2. The molecule has 37 heavy (non-hydrogen) atoms. The van der Waals surface area contributed by atoms with Crippen molar-refractivity contribution in [3.05, 3.63) is 113 Å². The van der Waals surface area contributed by atoms with Gasteiger partial charge in [-0.1, -0.05) is 72.8 Å². The second-order valence-corrected chi connectivity index (χ2v) is 10.1. The number of nitrogens with zero attached hydrogens (tertiary/aromatic N) is 2. The van der Waals surface area contributed by atoms with Gasteiger partial charge in [-0.3, -0.25) is 14.6 Å². The van der Waals surface area contributed by atoms with Crippen molar-refractivity contribution in [1.29, 1.82) is 0 Å². The van der Waals surface area contributed by atoms with Crippen molar-refractivity contribution in [2.75, 3.05) is 19.0 Å². The number of hydrogen-bond acceptors (Lipinski definition) is 5. The zero-order valence-corrected chi connectivity index (χ0v) is 21.6. The van der Waals surface area contributed by atoms with Crippen LogP contribution in [0.15, 0.2) is 101 Å². The average molecular weight is 493 g/mol. The van der Waals surface area contributed by atoms with Gasteiger partial charge in [-0.2, -0.15) is 0 Å². The van der Waals surface area contributed by atoms with Gasteiger partial charge >= 0.3 is 5.97 Å². The van der Waals surface area contributed by atoms with Gasteiger partial charge in [0.2, 0.25) is 0 Å². The first kappa shape index (κ1) is 24.7. The lowest BCUT2D eigenvalue weighted by atomic mass is 9.69. The van der Waals surface area contributed by atoms with Crippen molar-refractivity contribution in [2.45, 2.75) is 38.2 Å². The van der Waals surface area contributed by atoms with Crippen LogP contribution >= 0.6 is 0 Å². The topological polar surface area (TPSA) is 59.0 Å². The van der Waals surface area contributed by atoms with Crippen LogP contribution in [-0.4, -0.2) is 31.6 Å². The second-order valence-electron chi connectivity index (χ2n) is 10.1. The normalized spacial score (nSPS) is 21.2.